The molecular weight excluding hydrogens is 360 g/mol. The molecule has 1 aliphatic heterocycles. The van der Waals surface area contributed by atoms with Gasteiger partial charge in [-0.3, -0.25) is 9.59 Å². The number of hydrogen-bond donors (Lipinski definition) is 2. The van der Waals surface area contributed by atoms with Crippen molar-refractivity contribution in [1.82, 2.24) is 10.2 Å². The number of aliphatic carboxylic acids is 1. The number of benzene rings is 1. The number of nitrogens with zero attached hydrogens (tertiary/aromatic N) is 1. The molecule has 2 aliphatic rings. The molecule has 0 spiro atoms. The molecule has 1 aromatic carbocycles. The highest BCUT2D eigenvalue weighted by Gasteiger charge is 2.47. The van der Waals surface area contributed by atoms with Gasteiger partial charge in [0.1, 0.15) is 11.8 Å². The fraction of sp³-hybridized carbons (Fsp3) is 0.571. The number of rotatable bonds is 6. The van der Waals surface area contributed by atoms with Crippen LogP contribution in [0.4, 0.5) is 0 Å². The lowest BCUT2D eigenvalue weighted by Gasteiger charge is -2.34. The van der Waals surface area contributed by atoms with Gasteiger partial charge in [-0.05, 0) is 42.9 Å². The second-order valence-corrected chi connectivity index (χ2v) is 7.73. The van der Waals surface area contributed by atoms with Crippen LogP contribution >= 0.6 is 0 Å². The Bertz CT molecular complexity index is 733. The first-order chi connectivity index (χ1) is 13.4. The summed E-state index contributed by atoms with van der Waals surface area (Å²) in [5.41, 5.74) is 0.788. The SMILES string of the molecule is COc1ccc(C(CC(=O)N2C(C(=O)O)CC3CCCCC32)NC(C)=O)cc1. The van der Waals surface area contributed by atoms with E-state index < -0.39 is 18.1 Å². The monoisotopic (exact) mass is 388 g/mol. The molecule has 28 heavy (non-hydrogen) atoms. The standard InChI is InChI=1S/C21H28N2O5/c1-13(24)22-17(14-7-9-16(28-2)10-8-14)12-20(25)23-18-6-4-3-5-15(18)11-19(23)21(26)27/h7-10,15,17-19H,3-6,11-12H2,1-2H3,(H,22,24)(H,26,27). The number of methoxy groups -OCH3 is 1. The van der Waals surface area contributed by atoms with Gasteiger partial charge in [0.15, 0.2) is 0 Å². The molecule has 1 saturated heterocycles. The Kier molecular flexibility index (Phi) is 6.21. The van der Waals surface area contributed by atoms with Gasteiger partial charge in [-0.2, -0.15) is 0 Å². The molecule has 0 aromatic heterocycles. The lowest BCUT2D eigenvalue weighted by Crippen LogP contribution is -2.47. The first-order valence-electron chi connectivity index (χ1n) is 9.85. The number of carboxylic acids is 1. The molecule has 1 aliphatic carbocycles. The summed E-state index contributed by atoms with van der Waals surface area (Å²) >= 11 is 0. The molecule has 4 atom stereocenters. The van der Waals surface area contributed by atoms with Gasteiger partial charge in [0.25, 0.3) is 0 Å². The fourth-order valence-corrected chi connectivity index (χ4v) is 4.65. The summed E-state index contributed by atoms with van der Waals surface area (Å²) in [7, 11) is 1.57. The third-order valence-corrected chi connectivity index (χ3v) is 5.94. The van der Waals surface area contributed by atoms with E-state index in [1.807, 2.05) is 12.1 Å². The van der Waals surface area contributed by atoms with Crippen LogP contribution in [0.25, 0.3) is 0 Å². The number of likely N-dealkylation sites (tertiary alicyclic amines) is 1. The van der Waals surface area contributed by atoms with E-state index in [9.17, 15) is 19.5 Å². The number of hydrogen-bond acceptors (Lipinski definition) is 4. The van der Waals surface area contributed by atoms with E-state index in [4.69, 9.17) is 4.74 Å². The van der Waals surface area contributed by atoms with Crippen LogP contribution in [0.5, 0.6) is 5.75 Å². The third kappa shape index (κ3) is 4.29. The Morgan fingerprint density at radius 2 is 1.89 bits per heavy atom. The zero-order valence-electron chi connectivity index (χ0n) is 16.4. The van der Waals surface area contributed by atoms with Crippen molar-refractivity contribution in [2.75, 3.05) is 7.11 Å². The minimum Gasteiger partial charge on any atom is -0.497 e. The molecule has 3 rings (SSSR count). The van der Waals surface area contributed by atoms with Gasteiger partial charge in [0.2, 0.25) is 11.8 Å². The van der Waals surface area contributed by atoms with E-state index >= 15 is 0 Å². The van der Waals surface area contributed by atoms with Gasteiger partial charge in [0, 0.05) is 13.0 Å². The zero-order chi connectivity index (χ0) is 20.3. The highest BCUT2D eigenvalue weighted by Crippen LogP contribution is 2.40. The van der Waals surface area contributed by atoms with Crippen LogP contribution in [-0.2, 0) is 14.4 Å². The summed E-state index contributed by atoms with van der Waals surface area (Å²) in [6.07, 6.45) is 4.51. The van der Waals surface area contributed by atoms with Crippen molar-refractivity contribution in [2.24, 2.45) is 5.92 Å². The fourth-order valence-electron chi connectivity index (χ4n) is 4.65. The molecule has 2 amide bonds. The van der Waals surface area contributed by atoms with Crippen LogP contribution in [0, 0.1) is 5.92 Å². The maximum atomic E-state index is 13.2. The first kappa shape index (κ1) is 20.2. The maximum absolute atomic E-state index is 13.2. The summed E-state index contributed by atoms with van der Waals surface area (Å²) in [6.45, 7) is 1.41. The van der Waals surface area contributed by atoms with Crippen LogP contribution in [0.2, 0.25) is 0 Å². The maximum Gasteiger partial charge on any atom is 0.326 e. The van der Waals surface area contributed by atoms with E-state index in [-0.39, 0.29) is 30.2 Å². The van der Waals surface area contributed by atoms with Crippen molar-refractivity contribution in [1.29, 1.82) is 0 Å². The molecule has 7 heteroatoms. The number of amides is 2. The predicted octanol–water partition coefficient (Wildman–Crippen LogP) is 2.51. The quantitative estimate of drug-likeness (QED) is 0.781. The Labute approximate surface area is 165 Å². The smallest absolute Gasteiger partial charge is 0.326 e. The van der Waals surface area contributed by atoms with Crippen LogP contribution in [0.1, 0.15) is 57.1 Å². The van der Waals surface area contributed by atoms with Gasteiger partial charge in [-0.15, -0.1) is 0 Å². The molecule has 1 aromatic rings. The van der Waals surface area contributed by atoms with Gasteiger partial charge < -0.3 is 20.1 Å². The van der Waals surface area contributed by atoms with E-state index in [0.29, 0.717) is 12.2 Å². The molecule has 7 nitrogen and oxygen atoms in total. The molecule has 1 heterocycles. The second kappa shape index (κ2) is 8.63. The summed E-state index contributed by atoms with van der Waals surface area (Å²) < 4.78 is 5.16. The topological polar surface area (TPSA) is 95.9 Å². The molecule has 2 N–H and O–H groups in total. The van der Waals surface area contributed by atoms with Gasteiger partial charge >= 0.3 is 5.97 Å². The van der Waals surface area contributed by atoms with Crippen molar-refractivity contribution in [2.45, 2.75) is 63.6 Å². The Morgan fingerprint density at radius 3 is 2.50 bits per heavy atom. The third-order valence-electron chi connectivity index (χ3n) is 5.94. The lowest BCUT2D eigenvalue weighted by molar-refractivity contribution is -0.150. The highest BCUT2D eigenvalue weighted by atomic mass is 16.5. The van der Waals surface area contributed by atoms with Crippen molar-refractivity contribution in [3.8, 4) is 5.75 Å². The molecule has 1 saturated carbocycles. The van der Waals surface area contributed by atoms with Crippen molar-refractivity contribution >= 4 is 17.8 Å². The van der Waals surface area contributed by atoms with Crippen molar-refractivity contribution < 1.29 is 24.2 Å². The number of ether oxygens (including phenoxy) is 1. The van der Waals surface area contributed by atoms with E-state index in [1.54, 1.807) is 24.1 Å². The number of carbonyl (C=O) groups is 3. The summed E-state index contributed by atoms with van der Waals surface area (Å²) in [5, 5.41) is 12.5. The van der Waals surface area contributed by atoms with Gasteiger partial charge in [-0.1, -0.05) is 25.0 Å². The predicted molar refractivity (Wildman–Crippen MR) is 103 cm³/mol. The van der Waals surface area contributed by atoms with Crippen LogP contribution in [0.15, 0.2) is 24.3 Å². The Hall–Kier alpha value is -2.57. The summed E-state index contributed by atoms with van der Waals surface area (Å²) in [5.74, 6) is -0.439. The number of carboxylic acid groups (broad SMARTS) is 1. The Morgan fingerprint density at radius 1 is 1.21 bits per heavy atom. The average molecular weight is 388 g/mol. The second-order valence-electron chi connectivity index (χ2n) is 7.73. The minimum atomic E-state index is -0.941. The largest absolute Gasteiger partial charge is 0.497 e. The first-order valence-corrected chi connectivity index (χ1v) is 9.85. The molecule has 0 radical (unpaired) electrons. The summed E-state index contributed by atoms with van der Waals surface area (Å²) in [4.78, 5) is 38.3. The highest BCUT2D eigenvalue weighted by molar-refractivity contribution is 5.85. The van der Waals surface area contributed by atoms with E-state index in [2.05, 4.69) is 5.32 Å². The van der Waals surface area contributed by atoms with Crippen LogP contribution in [0.3, 0.4) is 0 Å². The van der Waals surface area contributed by atoms with Crippen molar-refractivity contribution in [3.63, 3.8) is 0 Å². The Balaban J connectivity index is 1.81. The number of fused-ring (bicyclic) bond motifs is 1. The molecule has 4 unspecified atom stereocenters. The summed E-state index contributed by atoms with van der Waals surface area (Å²) in [6, 6.07) is 5.91. The molecule has 2 fully saturated rings. The zero-order valence-corrected chi connectivity index (χ0v) is 16.4. The van der Waals surface area contributed by atoms with E-state index in [1.165, 1.54) is 6.92 Å². The number of nitrogens with one attached hydrogen (secondary N) is 1. The van der Waals surface area contributed by atoms with Crippen LogP contribution in [-0.4, -0.2) is 47.0 Å². The molecule has 152 valence electrons. The minimum absolute atomic E-state index is 0.00352. The molecular formula is C21H28N2O5. The lowest BCUT2D eigenvalue weighted by atomic mass is 9.84. The van der Waals surface area contributed by atoms with Gasteiger partial charge in [0.05, 0.1) is 19.6 Å². The molecule has 0 bridgehead atoms. The van der Waals surface area contributed by atoms with Crippen LogP contribution < -0.4 is 10.1 Å². The number of carbonyl (C=O) groups excluding carboxylic acids is 2. The van der Waals surface area contributed by atoms with E-state index in [0.717, 1.165) is 31.2 Å². The van der Waals surface area contributed by atoms with Crippen molar-refractivity contribution in [3.05, 3.63) is 29.8 Å². The van der Waals surface area contributed by atoms with Gasteiger partial charge in [-0.25, -0.2) is 4.79 Å². The average Bonchev–Trinajstić information content (AvgIpc) is 3.07. The normalized spacial score (nSPS) is 24.9.